The van der Waals surface area contributed by atoms with Crippen molar-refractivity contribution in [2.24, 2.45) is 11.8 Å². The molecule has 0 bridgehead atoms. The number of rotatable bonds is 6. The van der Waals surface area contributed by atoms with Crippen molar-refractivity contribution in [3.05, 3.63) is 29.3 Å². The highest BCUT2D eigenvalue weighted by Crippen LogP contribution is 2.36. The summed E-state index contributed by atoms with van der Waals surface area (Å²) in [6.07, 6.45) is 1.12. The topological polar surface area (TPSA) is 72.5 Å². The van der Waals surface area contributed by atoms with Crippen molar-refractivity contribution in [3.63, 3.8) is 0 Å². The van der Waals surface area contributed by atoms with Gasteiger partial charge in [-0.15, -0.1) is 0 Å². The van der Waals surface area contributed by atoms with Crippen LogP contribution in [-0.2, 0) is 20.4 Å². The lowest BCUT2D eigenvalue weighted by atomic mass is 10.1. The number of halogens is 1. The number of hydrogen-bond acceptors (Lipinski definition) is 4. The van der Waals surface area contributed by atoms with Crippen LogP contribution in [0.5, 0.6) is 0 Å². The number of carbonyl (C=O) groups excluding carboxylic acids is 1. The van der Waals surface area contributed by atoms with Crippen molar-refractivity contribution in [1.29, 1.82) is 0 Å². The van der Waals surface area contributed by atoms with Crippen LogP contribution >= 0.6 is 10.7 Å². The molecule has 0 radical (unpaired) electrons. The molecule has 2 unspecified atom stereocenters. The number of nitrogens with one attached hydrogen (secondary N) is 1. The van der Waals surface area contributed by atoms with Gasteiger partial charge in [-0.05, 0) is 42.0 Å². The van der Waals surface area contributed by atoms with E-state index in [4.69, 9.17) is 15.4 Å². The molecular weight excluding hydrogens is 314 g/mol. The van der Waals surface area contributed by atoms with E-state index in [2.05, 4.69) is 12.2 Å². The number of carbonyl (C=O) groups is 1. The summed E-state index contributed by atoms with van der Waals surface area (Å²) in [4.78, 5) is 12.0. The molecule has 0 spiro atoms. The van der Waals surface area contributed by atoms with E-state index in [0.717, 1.165) is 6.42 Å². The van der Waals surface area contributed by atoms with E-state index in [9.17, 15) is 13.2 Å². The van der Waals surface area contributed by atoms with Gasteiger partial charge in [-0.2, -0.15) is 0 Å². The van der Waals surface area contributed by atoms with E-state index in [1.807, 2.05) is 0 Å². The van der Waals surface area contributed by atoms with E-state index in [0.29, 0.717) is 23.9 Å². The molecule has 5 nitrogen and oxygen atoms in total. The number of amides is 1. The normalized spacial score (nSPS) is 21.1. The first-order valence-electron chi connectivity index (χ1n) is 6.67. The summed E-state index contributed by atoms with van der Waals surface area (Å²) in [5, 5.41) is 2.82. The van der Waals surface area contributed by atoms with Gasteiger partial charge in [0.25, 0.3) is 15.0 Å². The van der Waals surface area contributed by atoms with Gasteiger partial charge in [0.2, 0.25) is 0 Å². The van der Waals surface area contributed by atoms with Gasteiger partial charge >= 0.3 is 0 Å². The molecule has 0 aliphatic heterocycles. The van der Waals surface area contributed by atoms with Crippen LogP contribution in [0, 0.1) is 11.8 Å². The predicted octanol–water partition coefficient (Wildman–Crippen LogP) is 2.15. The van der Waals surface area contributed by atoms with Crippen LogP contribution in [0.4, 0.5) is 0 Å². The summed E-state index contributed by atoms with van der Waals surface area (Å²) in [7, 11) is 2.97. The molecule has 1 amide bonds. The summed E-state index contributed by atoms with van der Waals surface area (Å²) >= 11 is 0. The lowest BCUT2D eigenvalue weighted by Gasteiger charge is -2.09. The molecule has 0 aromatic heterocycles. The third kappa shape index (κ3) is 4.43. The van der Waals surface area contributed by atoms with Crippen molar-refractivity contribution in [3.8, 4) is 0 Å². The lowest BCUT2D eigenvalue weighted by Crippen LogP contribution is -2.26. The Kier molecular flexibility index (Phi) is 4.91. The zero-order valence-electron chi connectivity index (χ0n) is 11.9. The Morgan fingerprint density at radius 3 is 2.62 bits per heavy atom. The molecule has 1 saturated carbocycles. The Morgan fingerprint density at radius 2 is 2.10 bits per heavy atom. The van der Waals surface area contributed by atoms with Gasteiger partial charge in [-0.3, -0.25) is 4.79 Å². The zero-order valence-corrected chi connectivity index (χ0v) is 13.5. The minimum absolute atomic E-state index is 0.0938. The first kappa shape index (κ1) is 16.3. The largest absolute Gasteiger partial charge is 0.380 e. The molecule has 0 heterocycles. The molecule has 1 aliphatic carbocycles. The molecule has 1 fully saturated rings. The fourth-order valence-electron chi connectivity index (χ4n) is 2.19. The van der Waals surface area contributed by atoms with Crippen LogP contribution in [0.2, 0.25) is 0 Å². The second-order valence-electron chi connectivity index (χ2n) is 5.42. The van der Waals surface area contributed by atoms with Crippen molar-refractivity contribution in [1.82, 2.24) is 5.32 Å². The molecule has 1 aromatic carbocycles. The maximum Gasteiger partial charge on any atom is 0.261 e. The molecule has 116 valence electrons. The van der Waals surface area contributed by atoms with Gasteiger partial charge in [0.15, 0.2) is 0 Å². The molecule has 1 aromatic rings. The van der Waals surface area contributed by atoms with Gasteiger partial charge in [0.1, 0.15) is 0 Å². The average Bonchev–Trinajstić information content (AvgIpc) is 3.11. The fourth-order valence-corrected chi connectivity index (χ4v) is 3.02. The number of hydrogen-bond donors (Lipinski definition) is 1. The summed E-state index contributed by atoms with van der Waals surface area (Å²) in [5.41, 5.74) is 0.862. The van der Waals surface area contributed by atoms with E-state index in [1.54, 1.807) is 6.07 Å². The fraction of sp³-hybridized carbons (Fsp3) is 0.500. The third-order valence-corrected chi connectivity index (χ3v) is 4.96. The Balaban J connectivity index is 2.20. The maximum absolute atomic E-state index is 12.1. The lowest BCUT2D eigenvalue weighted by molar-refractivity contribution is 0.0950. The van der Waals surface area contributed by atoms with Crippen LogP contribution in [0.1, 0.15) is 29.3 Å². The first-order chi connectivity index (χ1) is 9.81. The van der Waals surface area contributed by atoms with Crippen LogP contribution in [0.3, 0.4) is 0 Å². The van der Waals surface area contributed by atoms with Gasteiger partial charge in [-0.1, -0.05) is 6.92 Å². The molecule has 2 rings (SSSR count). The quantitative estimate of drug-likeness (QED) is 0.811. The van der Waals surface area contributed by atoms with Crippen molar-refractivity contribution in [2.75, 3.05) is 13.7 Å². The highest BCUT2D eigenvalue weighted by Gasteiger charge is 2.32. The van der Waals surface area contributed by atoms with Gasteiger partial charge < -0.3 is 10.1 Å². The number of ether oxygens (including phenoxy) is 1. The SMILES string of the molecule is COCc1cc(C(=O)NCC2CC2C)cc(S(=O)(=O)Cl)c1. The standard InChI is InChI=1S/C14H18ClNO4S/c1-9-3-12(9)7-16-14(17)11-4-10(8-20-2)5-13(6-11)21(15,18)19/h4-6,9,12H,3,7-8H2,1-2H3,(H,16,17). The highest BCUT2D eigenvalue weighted by atomic mass is 35.7. The number of benzene rings is 1. The van der Waals surface area contributed by atoms with Gasteiger partial charge in [0, 0.05) is 29.9 Å². The first-order valence-corrected chi connectivity index (χ1v) is 8.98. The van der Waals surface area contributed by atoms with Crippen LogP contribution < -0.4 is 5.32 Å². The summed E-state index contributed by atoms with van der Waals surface area (Å²) in [5.74, 6) is 0.866. The Hall–Kier alpha value is -1.11. The van der Waals surface area contributed by atoms with Gasteiger partial charge in [0.05, 0.1) is 11.5 Å². The molecule has 7 heteroatoms. The van der Waals surface area contributed by atoms with Crippen molar-refractivity contribution >= 4 is 25.6 Å². The van der Waals surface area contributed by atoms with Crippen molar-refractivity contribution in [2.45, 2.75) is 24.8 Å². The molecular formula is C14H18ClNO4S. The summed E-state index contributed by atoms with van der Waals surface area (Å²) in [6, 6.07) is 4.31. The summed E-state index contributed by atoms with van der Waals surface area (Å²) < 4.78 is 27.9. The monoisotopic (exact) mass is 331 g/mol. The number of methoxy groups -OCH3 is 1. The Morgan fingerprint density at radius 1 is 1.43 bits per heavy atom. The van der Waals surface area contributed by atoms with E-state index < -0.39 is 9.05 Å². The molecule has 1 aliphatic rings. The smallest absolute Gasteiger partial charge is 0.261 e. The average molecular weight is 332 g/mol. The molecule has 1 N–H and O–H groups in total. The van der Waals surface area contributed by atoms with Crippen LogP contribution in [-0.4, -0.2) is 28.0 Å². The predicted molar refractivity (Wildman–Crippen MR) is 79.8 cm³/mol. The van der Waals surface area contributed by atoms with Gasteiger partial charge in [-0.25, -0.2) is 8.42 Å². The minimum atomic E-state index is -3.89. The molecule has 0 saturated heterocycles. The van der Waals surface area contributed by atoms with E-state index >= 15 is 0 Å². The Labute approximate surface area is 129 Å². The second-order valence-corrected chi connectivity index (χ2v) is 7.99. The van der Waals surface area contributed by atoms with Crippen LogP contribution in [0.15, 0.2) is 23.1 Å². The minimum Gasteiger partial charge on any atom is -0.380 e. The molecule has 2 atom stereocenters. The zero-order chi connectivity index (χ0) is 15.6. The third-order valence-electron chi connectivity index (χ3n) is 3.62. The summed E-state index contributed by atoms with van der Waals surface area (Å²) in [6.45, 7) is 2.95. The van der Waals surface area contributed by atoms with Crippen molar-refractivity contribution < 1.29 is 17.9 Å². The molecule has 21 heavy (non-hydrogen) atoms. The second kappa shape index (κ2) is 6.34. The highest BCUT2D eigenvalue weighted by molar-refractivity contribution is 8.13. The van der Waals surface area contributed by atoms with E-state index in [1.165, 1.54) is 19.2 Å². The maximum atomic E-state index is 12.1. The van der Waals surface area contributed by atoms with Crippen LogP contribution in [0.25, 0.3) is 0 Å². The Bertz CT molecular complexity index is 644. The van der Waals surface area contributed by atoms with E-state index in [-0.39, 0.29) is 23.0 Å².